The largest absolute Gasteiger partial charge is 0.352 e. The van der Waals surface area contributed by atoms with Crippen LogP contribution in [0.4, 0.5) is 0 Å². The molecule has 0 aliphatic heterocycles. The van der Waals surface area contributed by atoms with Crippen molar-refractivity contribution >= 4 is 17.5 Å². The average molecular weight is 266 g/mol. The monoisotopic (exact) mass is 265 g/mol. The van der Waals surface area contributed by atoms with Gasteiger partial charge in [0, 0.05) is 18.0 Å². The lowest BCUT2D eigenvalue weighted by Crippen LogP contribution is -2.31. The molecule has 0 spiro atoms. The molecule has 3 heteroatoms. The van der Waals surface area contributed by atoms with Gasteiger partial charge in [-0.2, -0.15) is 0 Å². The van der Waals surface area contributed by atoms with Gasteiger partial charge in [0.15, 0.2) is 0 Å². The predicted molar refractivity (Wildman–Crippen MR) is 75.1 cm³/mol. The fourth-order valence-electron chi connectivity index (χ4n) is 2.62. The van der Waals surface area contributed by atoms with E-state index in [2.05, 4.69) is 5.32 Å². The summed E-state index contributed by atoms with van der Waals surface area (Å²) < 4.78 is 0. The molecule has 2 rings (SSSR count). The Morgan fingerprint density at radius 3 is 2.61 bits per heavy atom. The van der Waals surface area contributed by atoms with Crippen molar-refractivity contribution in [1.82, 2.24) is 5.32 Å². The second kappa shape index (κ2) is 6.24. The molecular weight excluding hydrogens is 246 g/mol. The zero-order valence-corrected chi connectivity index (χ0v) is 11.5. The van der Waals surface area contributed by atoms with Gasteiger partial charge in [-0.3, -0.25) is 4.79 Å². The molecule has 1 saturated carbocycles. The molecule has 1 amide bonds. The van der Waals surface area contributed by atoms with E-state index in [1.54, 1.807) is 0 Å². The summed E-state index contributed by atoms with van der Waals surface area (Å²) in [6, 6.07) is 7.68. The highest BCUT2D eigenvalue weighted by Gasteiger charge is 2.26. The first-order chi connectivity index (χ1) is 8.70. The standard InChI is InChI=1S/C15H20ClNO/c1-11-5-7-12(8-6-11)15(18)17-10-14-4-2-3-13(14)9-16/h5-8,13-14H,2-4,9-10H2,1H3,(H,17,18). The zero-order chi connectivity index (χ0) is 13.0. The Bertz CT molecular complexity index is 401. The lowest BCUT2D eigenvalue weighted by atomic mass is 9.98. The Morgan fingerprint density at radius 1 is 1.28 bits per heavy atom. The van der Waals surface area contributed by atoms with E-state index < -0.39 is 0 Å². The summed E-state index contributed by atoms with van der Waals surface area (Å²) in [6.07, 6.45) is 3.63. The molecule has 0 radical (unpaired) electrons. The van der Waals surface area contributed by atoms with Crippen molar-refractivity contribution in [3.05, 3.63) is 35.4 Å². The van der Waals surface area contributed by atoms with Gasteiger partial charge in [0.05, 0.1) is 0 Å². The number of rotatable bonds is 4. The minimum atomic E-state index is 0.0234. The Morgan fingerprint density at radius 2 is 1.94 bits per heavy atom. The van der Waals surface area contributed by atoms with Crippen molar-refractivity contribution in [2.24, 2.45) is 11.8 Å². The van der Waals surface area contributed by atoms with Gasteiger partial charge >= 0.3 is 0 Å². The van der Waals surface area contributed by atoms with Gasteiger partial charge in [0.1, 0.15) is 0 Å². The highest BCUT2D eigenvalue weighted by molar-refractivity contribution is 6.18. The van der Waals surface area contributed by atoms with Crippen LogP contribution in [0.25, 0.3) is 0 Å². The van der Waals surface area contributed by atoms with Crippen molar-refractivity contribution in [1.29, 1.82) is 0 Å². The first kappa shape index (κ1) is 13.4. The third-order valence-corrected chi connectivity index (χ3v) is 4.25. The van der Waals surface area contributed by atoms with E-state index in [0.717, 1.165) is 12.1 Å². The number of hydrogen-bond acceptors (Lipinski definition) is 1. The van der Waals surface area contributed by atoms with Crippen LogP contribution < -0.4 is 5.32 Å². The summed E-state index contributed by atoms with van der Waals surface area (Å²) in [5.74, 6) is 1.86. The maximum Gasteiger partial charge on any atom is 0.251 e. The number of amides is 1. The van der Waals surface area contributed by atoms with Crippen molar-refractivity contribution in [3.63, 3.8) is 0 Å². The highest BCUT2D eigenvalue weighted by Crippen LogP contribution is 2.31. The van der Waals surface area contributed by atoms with Gasteiger partial charge in [-0.05, 0) is 43.7 Å². The number of hydrogen-bond donors (Lipinski definition) is 1. The van der Waals surface area contributed by atoms with E-state index in [0.29, 0.717) is 17.7 Å². The fraction of sp³-hybridized carbons (Fsp3) is 0.533. The third-order valence-electron chi connectivity index (χ3n) is 3.85. The van der Waals surface area contributed by atoms with Crippen molar-refractivity contribution in [3.8, 4) is 0 Å². The molecule has 1 aromatic carbocycles. The van der Waals surface area contributed by atoms with Crippen LogP contribution in [0.3, 0.4) is 0 Å². The van der Waals surface area contributed by atoms with E-state index in [-0.39, 0.29) is 5.91 Å². The van der Waals surface area contributed by atoms with Crippen LogP contribution >= 0.6 is 11.6 Å². The number of benzene rings is 1. The van der Waals surface area contributed by atoms with Crippen LogP contribution in [0, 0.1) is 18.8 Å². The smallest absolute Gasteiger partial charge is 0.251 e. The van der Waals surface area contributed by atoms with Gasteiger partial charge in [0.2, 0.25) is 0 Å². The molecule has 1 N–H and O–H groups in total. The minimum absolute atomic E-state index is 0.0234. The molecule has 0 bridgehead atoms. The average Bonchev–Trinajstić information content (AvgIpc) is 2.84. The fourth-order valence-corrected chi connectivity index (χ4v) is 3.02. The highest BCUT2D eigenvalue weighted by atomic mass is 35.5. The molecule has 18 heavy (non-hydrogen) atoms. The van der Waals surface area contributed by atoms with E-state index in [4.69, 9.17) is 11.6 Å². The second-order valence-electron chi connectivity index (χ2n) is 5.18. The lowest BCUT2D eigenvalue weighted by molar-refractivity contribution is 0.0944. The summed E-state index contributed by atoms with van der Waals surface area (Å²) in [6.45, 7) is 2.77. The molecule has 98 valence electrons. The molecule has 1 aromatic rings. The number of carbonyl (C=O) groups is 1. The molecular formula is C15H20ClNO. The summed E-state index contributed by atoms with van der Waals surface area (Å²) in [4.78, 5) is 12.0. The Kier molecular flexibility index (Phi) is 4.65. The van der Waals surface area contributed by atoms with Crippen LogP contribution in [0.5, 0.6) is 0 Å². The van der Waals surface area contributed by atoms with Crippen molar-refractivity contribution in [2.45, 2.75) is 26.2 Å². The first-order valence-corrected chi connectivity index (χ1v) is 7.15. The Balaban J connectivity index is 1.86. The Hall–Kier alpha value is -1.02. The molecule has 2 nitrogen and oxygen atoms in total. The van der Waals surface area contributed by atoms with Crippen molar-refractivity contribution in [2.75, 3.05) is 12.4 Å². The van der Waals surface area contributed by atoms with Crippen LogP contribution in [0.15, 0.2) is 24.3 Å². The van der Waals surface area contributed by atoms with Gasteiger partial charge in [0.25, 0.3) is 5.91 Å². The molecule has 0 aromatic heterocycles. The molecule has 0 saturated heterocycles. The number of nitrogens with one attached hydrogen (secondary N) is 1. The van der Waals surface area contributed by atoms with Crippen molar-refractivity contribution < 1.29 is 4.79 Å². The summed E-state index contributed by atoms with van der Waals surface area (Å²) >= 11 is 5.94. The van der Waals surface area contributed by atoms with E-state index >= 15 is 0 Å². The van der Waals surface area contributed by atoms with Crippen LogP contribution in [0.2, 0.25) is 0 Å². The maximum atomic E-state index is 12.0. The second-order valence-corrected chi connectivity index (χ2v) is 5.49. The number of carbonyl (C=O) groups excluding carboxylic acids is 1. The third kappa shape index (κ3) is 3.26. The van der Waals surface area contributed by atoms with E-state index in [1.165, 1.54) is 24.8 Å². The first-order valence-electron chi connectivity index (χ1n) is 6.61. The number of halogens is 1. The predicted octanol–water partition coefficient (Wildman–Crippen LogP) is 3.38. The number of alkyl halides is 1. The molecule has 0 heterocycles. The number of aryl methyl sites for hydroxylation is 1. The SMILES string of the molecule is Cc1ccc(C(=O)NCC2CCCC2CCl)cc1. The molecule has 1 aliphatic rings. The van der Waals surface area contributed by atoms with Gasteiger partial charge in [-0.15, -0.1) is 11.6 Å². The topological polar surface area (TPSA) is 29.1 Å². The summed E-state index contributed by atoms with van der Waals surface area (Å²) in [5, 5.41) is 3.03. The van der Waals surface area contributed by atoms with Gasteiger partial charge in [-0.1, -0.05) is 24.1 Å². The molecule has 2 unspecified atom stereocenters. The van der Waals surface area contributed by atoms with Gasteiger partial charge < -0.3 is 5.32 Å². The lowest BCUT2D eigenvalue weighted by Gasteiger charge is -2.17. The maximum absolute atomic E-state index is 12.0. The molecule has 1 fully saturated rings. The zero-order valence-electron chi connectivity index (χ0n) is 10.8. The minimum Gasteiger partial charge on any atom is -0.352 e. The van der Waals surface area contributed by atoms with Crippen LogP contribution in [-0.2, 0) is 0 Å². The summed E-state index contributed by atoms with van der Waals surface area (Å²) in [5.41, 5.74) is 1.91. The Labute approximate surface area is 114 Å². The quantitative estimate of drug-likeness (QED) is 0.831. The van der Waals surface area contributed by atoms with E-state index in [1.807, 2.05) is 31.2 Å². The molecule has 1 aliphatic carbocycles. The molecule has 2 atom stereocenters. The van der Waals surface area contributed by atoms with Crippen LogP contribution in [0.1, 0.15) is 35.2 Å². The normalized spacial score (nSPS) is 23.0. The van der Waals surface area contributed by atoms with Gasteiger partial charge in [-0.25, -0.2) is 0 Å². The summed E-state index contributed by atoms with van der Waals surface area (Å²) in [7, 11) is 0. The van der Waals surface area contributed by atoms with Crippen LogP contribution in [-0.4, -0.2) is 18.3 Å². The van der Waals surface area contributed by atoms with E-state index in [9.17, 15) is 4.79 Å².